The Kier molecular flexibility index (Phi) is 10.4. The van der Waals surface area contributed by atoms with Gasteiger partial charge in [0, 0.05) is 11.9 Å². The first-order valence-corrected chi connectivity index (χ1v) is 13.4. The number of unbranched alkanes of at least 4 members (excludes halogenated alkanes) is 8. The quantitative estimate of drug-likeness (QED) is 0.193. The van der Waals surface area contributed by atoms with Gasteiger partial charge in [-0.25, -0.2) is 13.2 Å². The summed E-state index contributed by atoms with van der Waals surface area (Å²) in [5.41, 5.74) is 0.528. The van der Waals surface area contributed by atoms with Gasteiger partial charge in [0.1, 0.15) is 0 Å². The van der Waals surface area contributed by atoms with Crippen LogP contribution in [0.15, 0.2) is 24.4 Å². The van der Waals surface area contributed by atoms with Gasteiger partial charge in [0.25, 0.3) is 5.92 Å². The Labute approximate surface area is 207 Å². The van der Waals surface area contributed by atoms with Crippen molar-refractivity contribution in [3.63, 3.8) is 0 Å². The predicted molar refractivity (Wildman–Crippen MR) is 132 cm³/mol. The van der Waals surface area contributed by atoms with Crippen LogP contribution in [-0.4, -0.2) is 11.6 Å². The van der Waals surface area contributed by atoms with Gasteiger partial charge in [-0.2, -0.15) is 4.39 Å². The van der Waals surface area contributed by atoms with Crippen LogP contribution in [0.2, 0.25) is 0 Å². The van der Waals surface area contributed by atoms with Gasteiger partial charge >= 0.3 is 0 Å². The van der Waals surface area contributed by atoms with Crippen molar-refractivity contribution in [2.24, 2.45) is 0 Å². The molecule has 0 amide bonds. The lowest BCUT2D eigenvalue weighted by Gasteiger charge is -2.34. The van der Waals surface area contributed by atoms with Gasteiger partial charge in [-0.15, -0.1) is 0 Å². The summed E-state index contributed by atoms with van der Waals surface area (Å²) in [6, 6.07) is 4.72. The number of hydrogen-bond acceptors (Lipinski definition) is 2. The molecule has 194 valence electrons. The molecule has 1 aromatic carbocycles. The van der Waals surface area contributed by atoms with Gasteiger partial charge in [0.15, 0.2) is 11.6 Å². The van der Waals surface area contributed by atoms with Crippen molar-refractivity contribution in [1.29, 1.82) is 0 Å². The largest absolute Gasteiger partial charge is 0.490 e. The minimum Gasteiger partial charge on any atom is -0.490 e. The van der Waals surface area contributed by atoms with Crippen LogP contribution in [0.25, 0.3) is 0 Å². The minimum absolute atomic E-state index is 0.128. The summed E-state index contributed by atoms with van der Waals surface area (Å²) in [7, 11) is 0. The number of aromatic nitrogens is 1. The molecule has 0 spiro atoms. The van der Waals surface area contributed by atoms with Gasteiger partial charge < -0.3 is 4.74 Å². The number of pyridine rings is 1. The van der Waals surface area contributed by atoms with E-state index in [1.165, 1.54) is 25.1 Å². The number of halogens is 4. The number of benzene rings is 1. The molecule has 0 bridgehead atoms. The second-order valence-electron chi connectivity index (χ2n) is 9.76. The number of fused-ring (bicyclic) bond motifs is 1. The molecule has 1 atom stereocenters. The van der Waals surface area contributed by atoms with Crippen molar-refractivity contribution in [2.75, 3.05) is 6.61 Å². The van der Waals surface area contributed by atoms with Crippen LogP contribution in [0.3, 0.4) is 0 Å². The molecule has 0 N–H and O–H groups in total. The van der Waals surface area contributed by atoms with E-state index in [1.807, 2.05) is 0 Å². The number of ether oxygens (including phenoxy) is 1. The third-order valence-electron chi connectivity index (χ3n) is 7.02. The smallest absolute Gasteiger partial charge is 0.283 e. The first-order valence-electron chi connectivity index (χ1n) is 13.4. The zero-order valence-electron chi connectivity index (χ0n) is 21.2. The van der Waals surface area contributed by atoms with Crippen molar-refractivity contribution < 1.29 is 22.3 Å². The van der Waals surface area contributed by atoms with Crippen molar-refractivity contribution in [3.8, 4) is 5.75 Å². The molecule has 1 aliphatic rings. The lowest BCUT2D eigenvalue weighted by Crippen LogP contribution is -2.32. The van der Waals surface area contributed by atoms with E-state index in [1.54, 1.807) is 12.1 Å². The van der Waals surface area contributed by atoms with Gasteiger partial charge in [0.2, 0.25) is 5.82 Å². The van der Waals surface area contributed by atoms with Crippen molar-refractivity contribution in [2.45, 2.75) is 109 Å². The Balaban J connectivity index is 1.68. The Morgan fingerprint density at radius 3 is 2.29 bits per heavy atom. The first-order chi connectivity index (χ1) is 16.9. The monoisotopic (exact) mass is 493 g/mol. The minimum atomic E-state index is -3.53. The van der Waals surface area contributed by atoms with E-state index in [-0.39, 0.29) is 30.8 Å². The topological polar surface area (TPSA) is 22.1 Å². The molecule has 1 unspecified atom stereocenters. The summed E-state index contributed by atoms with van der Waals surface area (Å²) in [6.45, 7) is 4.54. The second kappa shape index (κ2) is 13.3. The molecule has 0 saturated carbocycles. The van der Waals surface area contributed by atoms with E-state index in [0.29, 0.717) is 5.56 Å². The summed E-state index contributed by atoms with van der Waals surface area (Å²) in [5.74, 6) is -7.84. The standard InChI is InChI=1S/C29H39F4NO/c1-3-5-7-9-10-12-18-35-25-19-21-15-17-24(29(32,33)26(21)28(31)27(25)30)22-14-16-23(34-20-22)13-11-8-6-4-2/h14,16,19-20,24H,3-13,15,17-18H2,1-2H3. The van der Waals surface area contributed by atoms with Crippen LogP contribution in [0.4, 0.5) is 17.6 Å². The molecule has 0 radical (unpaired) electrons. The maximum Gasteiger partial charge on any atom is 0.283 e. The predicted octanol–water partition coefficient (Wildman–Crippen LogP) is 9.04. The number of hydrogen-bond donors (Lipinski definition) is 0. The summed E-state index contributed by atoms with van der Waals surface area (Å²) < 4.78 is 66.1. The average Bonchev–Trinajstić information content (AvgIpc) is 2.84. The molecule has 1 aromatic heterocycles. The van der Waals surface area contributed by atoms with Crippen LogP contribution in [0.1, 0.15) is 113 Å². The van der Waals surface area contributed by atoms with E-state index < -0.39 is 29.0 Å². The lowest BCUT2D eigenvalue weighted by molar-refractivity contribution is -0.0475. The molecule has 1 heterocycles. The molecule has 1 aliphatic carbocycles. The number of rotatable bonds is 14. The van der Waals surface area contributed by atoms with E-state index in [2.05, 4.69) is 18.8 Å². The van der Waals surface area contributed by atoms with Crippen molar-refractivity contribution >= 4 is 0 Å². The van der Waals surface area contributed by atoms with Crippen molar-refractivity contribution in [1.82, 2.24) is 4.98 Å². The number of alkyl halides is 2. The first kappa shape index (κ1) is 27.5. The SMILES string of the molecule is CCCCCCCCOc1cc2c(c(F)c1F)C(F)(F)C(c1ccc(CCCCCC)nc1)CC2. The third kappa shape index (κ3) is 6.98. The molecule has 0 fully saturated rings. The van der Waals surface area contributed by atoms with Crippen molar-refractivity contribution in [3.05, 3.63) is 58.4 Å². The number of nitrogens with zero attached hydrogens (tertiary/aromatic N) is 1. The Morgan fingerprint density at radius 1 is 0.914 bits per heavy atom. The van der Waals surface area contributed by atoms with Crippen LogP contribution < -0.4 is 4.74 Å². The fourth-order valence-electron chi connectivity index (χ4n) is 4.93. The molecule has 0 saturated heterocycles. The fraction of sp³-hybridized carbons (Fsp3) is 0.621. The lowest BCUT2D eigenvalue weighted by atomic mass is 9.77. The maximum atomic E-state index is 15.5. The molecule has 0 aliphatic heterocycles. The molecule has 2 aromatic rings. The van der Waals surface area contributed by atoms with Crippen LogP contribution in [-0.2, 0) is 18.8 Å². The molecule has 3 rings (SSSR count). The maximum absolute atomic E-state index is 15.5. The summed E-state index contributed by atoms with van der Waals surface area (Å²) >= 11 is 0. The van der Waals surface area contributed by atoms with Crippen LogP contribution in [0, 0.1) is 11.6 Å². The van der Waals surface area contributed by atoms with E-state index in [4.69, 9.17) is 4.74 Å². The Bertz CT molecular complexity index is 929. The summed E-state index contributed by atoms with van der Waals surface area (Å²) in [4.78, 5) is 4.37. The highest BCUT2D eigenvalue weighted by Crippen LogP contribution is 2.51. The molecular weight excluding hydrogens is 454 g/mol. The summed E-state index contributed by atoms with van der Waals surface area (Å²) in [6.07, 6.45) is 13.3. The zero-order chi connectivity index (χ0) is 25.3. The Morgan fingerprint density at radius 2 is 1.60 bits per heavy atom. The average molecular weight is 494 g/mol. The zero-order valence-corrected chi connectivity index (χ0v) is 21.2. The summed E-state index contributed by atoms with van der Waals surface area (Å²) in [5, 5.41) is 0. The highest BCUT2D eigenvalue weighted by atomic mass is 19.3. The Hall–Kier alpha value is -2.11. The molecular formula is C29H39F4NO. The van der Waals surface area contributed by atoms with Gasteiger partial charge in [-0.1, -0.05) is 71.3 Å². The van der Waals surface area contributed by atoms with Crippen LogP contribution >= 0.6 is 0 Å². The normalized spacial score (nSPS) is 16.8. The highest BCUT2D eigenvalue weighted by Gasteiger charge is 2.49. The van der Waals surface area contributed by atoms with Crippen LogP contribution in [0.5, 0.6) is 5.75 Å². The fourth-order valence-corrected chi connectivity index (χ4v) is 4.93. The number of aryl methyl sites for hydroxylation is 2. The highest BCUT2D eigenvalue weighted by molar-refractivity contribution is 5.45. The second-order valence-corrected chi connectivity index (χ2v) is 9.76. The van der Waals surface area contributed by atoms with E-state index >= 15 is 8.78 Å². The molecule has 6 heteroatoms. The third-order valence-corrected chi connectivity index (χ3v) is 7.02. The van der Waals surface area contributed by atoms with Gasteiger partial charge in [0.05, 0.1) is 18.1 Å². The van der Waals surface area contributed by atoms with Gasteiger partial charge in [-0.3, -0.25) is 4.98 Å². The van der Waals surface area contributed by atoms with E-state index in [0.717, 1.165) is 63.5 Å². The van der Waals surface area contributed by atoms with E-state index in [9.17, 15) is 8.78 Å². The van der Waals surface area contributed by atoms with Gasteiger partial charge in [-0.05, 0) is 55.4 Å². The molecule has 35 heavy (non-hydrogen) atoms. The molecule has 2 nitrogen and oxygen atoms in total.